The zero-order chi connectivity index (χ0) is 13.7. The lowest BCUT2D eigenvalue weighted by atomic mass is 10.4. The van der Waals surface area contributed by atoms with Crippen molar-refractivity contribution >= 4 is 35.1 Å². The molecule has 0 fully saturated rings. The Labute approximate surface area is 111 Å². The topological polar surface area (TPSA) is 88.5 Å². The number of halogens is 3. The molecule has 0 radical (unpaired) electrons. The van der Waals surface area contributed by atoms with E-state index in [1.54, 1.807) is 0 Å². The molecule has 0 aromatic carbocycles. The number of aromatic nitrogens is 1. The smallest absolute Gasteiger partial charge is 0.322 e. The SMILES string of the molecule is O=C(O)CNC(=O)COc1nc(F)c(Cl)cc1Cl. The molecule has 9 heteroatoms. The molecule has 98 valence electrons. The number of carboxylic acid groups (broad SMARTS) is 1. The Morgan fingerprint density at radius 3 is 2.72 bits per heavy atom. The molecular weight excluding hydrogens is 290 g/mol. The minimum Gasteiger partial charge on any atom is -0.480 e. The van der Waals surface area contributed by atoms with E-state index >= 15 is 0 Å². The maximum atomic E-state index is 13.0. The fraction of sp³-hybridized carbons (Fsp3) is 0.222. The summed E-state index contributed by atoms with van der Waals surface area (Å²) in [5.74, 6) is -3.19. The summed E-state index contributed by atoms with van der Waals surface area (Å²) in [6.45, 7) is -1.08. The molecule has 1 rings (SSSR count). The summed E-state index contributed by atoms with van der Waals surface area (Å²) in [6, 6.07) is 1.08. The van der Waals surface area contributed by atoms with Crippen molar-refractivity contribution in [2.24, 2.45) is 0 Å². The van der Waals surface area contributed by atoms with Gasteiger partial charge < -0.3 is 15.2 Å². The highest BCUT2D eigenvalue weighted by Gasteiger charge is 2.12. The molecule has 0 aliphatic heterocycles. The van der Waals surface area contributed by atoms with Gasteiger partial charge in [-0.3, -0.25) is 9.59 Å². The molecule has 0 spiro atoms. The predicted octanol–water partition coefficient (Wildman–Crippen LogP) is 1.11. The number of hydrogen-bond acceptors (Lipinski definition) is 4. The molecule has 2 N–H and O–H groups in total. The number of nitrogens with zero attached hydrogens (tertiary/aromatic N) is 1. The fourth-order valence-corrected chi connectivity index (χ4v) is 1.30. The van der Waals surface area contributed by atoms with Crippen LogP contribution in [0.2, 0.25) is 10.0 Å². The van der Waals surface area contributed by atoms with Gasteiger partial charge in [-0.15, -0.1) is 0 Å². The molecule has 1 heterocycles. The van der Waals surface area contributed by atoms with Gasteiger partial charge in [0.2, 0.25) is 11.8 Å². The highest BCUT2D eigenvalue weighted by Crippen LogP contribution is 2.26. The Hall–Kier alpha value is -1.60. The average molecular weight is 297 g/mol. The molecule has 0 saturated heterocycles. The van der Waals surface area contributed by atoms with Gasteiger partial charge in [-0.05, 0) is 6.07 Å². The van der Waals surface area contributed by atoms with E-state index in [2.05, 4.69) is 4.98 Å². The second kappa shape index (κ2) is 6.36. The first-order chi connectivity index (χ1) is 8.40. The van der Waals surface area contributed by atoms with Crippen LogP contribution in [0, 0.1) is 5.95 Å². The van der Waals surface area contributed by atoms with Gasteiger partial charge in [-0.25, -0.2) is 0 Å². The highest BCUT2D eigenvalue weighted by atomic mass is 35.5. The first-order valence-corrected chi connectivity index (χ1v) is 5.28. The maximum Gasteiger partial charge on any atom is 0.322 e. The van der Waals surface area contributed by atoms with Gasteiger partial charge in [-0.1, -0.05) is 23.2 Å². The van der Waals surface area contributed by atoms with E-state index in [1.807, 2.05) is 5.32 Å². The summed E-state index contributed by atoms with van der Waals surface area (Å²) in [4.78, 5) is 24.5. The number of ether oxygens (including phenoxy) is 1. The van der Waals surface area contributed by atoms with E-state index in [1.165, 1.54) is 0 Å². The van der Waals surface area contributed by atoms with Gasteiger partial charge in [0.05, 0.1) is 5.02 Å². The van der Waals surface area contributed by atoms with Gasteiger partial charge in [-0.2, -0.15) is 9.37 Å². The molecule has 0 aliphatic carbocycles. The second-order valence-electron chi connectivity index (χ2n) is 3.01. The lowest BCUT2D eigenvalue weighted by Crippen LogP contribution is -2.33. The van der Waals surface area contributed by atoms with Crippen LogP contribution in [0.4, 0.5) is 4.39 Å². The fourth-order valence-electron chi connectivity index (χ4n) is 0.889. The molecule has 0 aliphatic rings. The van der Waals surface area contributed by atoms with E-state index in [9.17, 15) is 14.0 Å². The Balaban J connectivity index is 2.56. The van der Waals surface area contributed by atoms with Crippen LogP contribution in [0.25, 0.3) is 0 Å². The first-order valence-electron chi connectivity index (χ1n) is 4.53. The van der Waals surface area contributed by atoms with Crippen molar-refractivity contribution in [3.05, 3.63) is 22.1 Å². The van der Waals surface area contributed by atoms with Crippen molar-refractivity contribution < 1.29 is 23.8 Å². The predicted molar refractivity (Wildman–Crippen MR) is 60.4 cm³/mol. The summed E-state index contributed by atoms with van der Waals surface area (Å²) >= 11 is 11.1. The van der Waals surface area contributed by atoms with Crippen LogP contribution in [0.5, 0.6) is 5.88 Å². The van der Waals surface area contributed by atoms with Crippen molar-refractivity contribution in [1.29, 1.82) is 0 Å². The monoisotopic (exact) mass is 296 g/mol. The average Bonchev–Trinajstić information content (AvgIpc) is 2.29. The van der Waals surface area contributed by atoms with Gasteiger partial charge in [0.15, 0.2) is 6.61 Å². The van der Waals surface area contributed by atoms with Crippen LogP contribution in [-0.4, -0.2) is 35.1 Å². The number of pyridine rings is 1. The van der Waals surface area contributed by atoms with Crippen LogP contribution < -0.4 is 10.1 Å². The molecule has 0 unspecified atom stereocenters. The van der Waals surface area contributed by atoms with Crippen LogP contribution in [0.1, 0.15) is 0 Å². The lowest BCUT2D eigenvalue weighted by Gasteiger charge is -2.07. The summed E-state index contributed by atoms with van der Waals surface area (Å²) in [5.41, 5.74) is 0. The largest absolute Gasteiger partial charge is 0.480 e. The van der Waals surface area contributed by atoms with E-state index < -0.39 is 31.0 Å². The van der Waals surface area contributed by atoms with E-state index in [0.29, 0.717) is 0 Å². The summed E-state index contributed by atoms with van der Waals surface area (Å²) in [6.07, 6.45) is 0. The number of carboxylic acids is 1. The lowest BCUT2D eigenvalue weighted by molar-refractivity contribution is -0.138. The van der Waals surface area contributed by atoms with Gasteiger partial charge in [0.1, 0.15) is 11.6 Å². The van der Waals surface area contributed by atoms with Gasteiger partial charge >= 0.3 is 5.97 Å². The van der Waals surface area contributed by atoms with Crippen LogP contribution >= 0.6 is 23.2 Å². The number of nitrogens with one attached hydrogen (secondary N) is 1. The Morgan fingerprint density at radius 1 is 1.44 bits per heavy atom. The number of hydrogen-bond donors (Lipinski definition) is 2. The molecular formula is C9H7Cl2FN2O4. The second-order valence-corrected chi connectivity index (χ2v) is 3.82. The van der Waals surface area contributed by atoms with Crippen molar-refractivity contribution in [1.82, 2.24) is 10.3 Å². The molecule has 0 atom stereocenters. The Kier molecular flexibility index (Phi) is 5.11. The number of aliphatic carboxylic acids is 1. The van der Waals surface area contributed by atoms with E-state index in [0.717, 1.165) is 6.07 Å². The first kappa shape index (κ1) is 14.5. The third-order valence-electron chi connectivity index (χ3n) is 1.63. The molecule has 0 saturated carbocycles. The zero-order valence-electron chi connectivity index (χ0n) is 8.74. The molecule has 1 amide bonds. The van der Waals surface area contributed by atoms with Crippen LogP contribution in [0.15, 0.2) is 6.07 Å². The number of carbonyl (C=O) groups excluding carboxylic acids is 1. The number of amides is 1. The summed E-state index contributed by atoms with van der Waals surface area (Å²) in [5, 5.41) is 10.0. The van der Waals surface area contributed by atoms with Crippen LogP contribution in [0.3, 0.4) is 0 Å². The Bertz CT molecular complexity index is 484. The number of carbonyl (C=O) groups is 2. The minimum atomic E-state index is -1.20. The number of rotatable bonds is 5. The van der Waals surface area contributed by atoms with E-state index in [4.69, 9.17) is 33.0 Å². The van der Waals surface area contributed by atoms with Crippen LogP contribution in [-0.2, 0) is 9.59 Å². The van der Waals surface area contributed by atoms with Crippen molar-refractivity contribution in [3.63, 3.8) is 0 Å². The highest BCUT2D eigenvalue weighted by molar-refractivity contribution is 6.35. The molecule has 18 heavy (non-hydrogen) atoms. The van der Waals surface area contributed by atoms with Gasteiger partial charge in [0.25, 0.3) is 5.91 Å². The van der Waals surface area contributed by atoms with Gasteiger partial charge in [0, 0.05) is 0 Å². The molecule has 1 aromatic heterocycles. The molecule has 6 nitrogen and oxygen atoms in total. The maximum absolute atomic E-state index is 13.0. The molecule has 1 aromatic rings. The van der Waals surface area contributed by atoms with Crippen molar-refractivity contribution in [2.75, 3.05) is 13.2 Å². The van der Waals surface area contributed by atoms with Crippen molar-refractivity contribution in [3.8, 4) is 5.88 Å². The third-order valence-corrected chi connectivity index (χ3v) is 2.17. The standard InChI is InChI=1S/C9H7Cl2FN2O4/c10-4-1-5(11)9(14-8(4)12)18-3-6(15)13-2-7(16)17/h1H,2-3H2,(H,13,15)(H,16,17). The Morgan fingerprint density at radius 2 is 2.11 bits per heavy atom. The third kappa shape index (κ3) is 4.34. The summed E-state index contributed by atoms with van der Waals surface area (Å²) in [7, 11) is 0. The minimum absolute atomic E-state index is 0.0626. The van der Waals surface area contributed by atoms with E-state index in [-0.39, 0.29) is 15.9 Å². The van der Waals surface area contributed by atoms with Crippen molar-refractivity contribution in [2.45, 2.75) is 0 Å². The summed E-state index contributed by atoms with van der Waals surface area (Å²) < 4.78 is 17.8. The molecule has 0 bridgehead atoms. The zero-order valence-corrected chi connectivity index (χ0v) is 10.3. The quantitative estimate of drug-likeness (QED) is 0.795. The normalized spacial score (nSPS) is 9.94.